The van der Waals surface area contributed by atoms with Gasteiger partial charge >= 0.3 is 6.03 Å². The normalized spacial score (nSPS) is 20.9. The molecule has 2 atom stereocenters. The maximum absolute atomic E-state index is 13.6. The van der Waals surface area contributed by atoms with E-state index in [1.807, 2.05) is 54.6 Å². The minimum atomic E-state index is -1.14. The molecule has 7 nitrogen and oxygen atoms in total. The van der Waals surface area contributed by atoms with Gasteiger partial charge in [-0.15, -0.1) is 0 Å². The maximum atomic E-state index is 13.6. The standard InChI is InChI=1S/C25H26N4O3/c1-16(22(30)26-14-12-17-8-4-3-5-9-17)29-23(31)25(2)21-19(13-15-28(25)24(29)32)18-10-6-7-11-20(18)27-21/h3-11,16,27H,12-15H2,1-2H3,(H,26,30)/t16-,25-/m0/s1. The van der Waals surface area contributed by atoms with Crippen molar-refractivity contribution in [3.63, 3.8) is 0 Å². The minimum absolute atomic E-state index is 0.331. The van der Waals surface area contributed by atoms with Gasteiger partial charge in [0.2, 0.25) is 5.91 Å². The lowest BCUT2D eigenvalue weighted by Gasteiger charge is -2.36. The van der Waals surface area contributed by atoms with Gasteiger partial charge in [-0.25, -0.2) is 9.69 Å². The third kappa shape index (κ3) is 2.92. The molecule has 4 amide bonds. The Bertz CT molecular complexity index is 1220. The third-order valence-corrected chi connectivity index (χ3v) is 6.82. The summed E-state index contributed by atoms with van der Waals surface area (Å²) in [5.41, 5.74) is 2.75. The molecule has 2 aliphatic rings. The van der Waals surface area contributed by atoms with Crippen LogP contribution in [0.2, 0.25) is 0 Å². The Kier molecular flexibility index (Phi) is 4.77. The van der Waals surface area contributed by atoms with Crippen LogP contribution in [0, 0.1) is 0 Å². The van der Waals surface area contributed by atoms with Crippen LogP contribution in [0.5, 0.6) is 0 Å². The van der Waals surface area contributed by atoms with Crippen LogP contribution >= 0.6 is 0 Å². The van der Waals surface area contributed by atoms with E-state index < -0.39 is 17.6 Å². The quantitative estimate of drug-likeness (QED) is 0.611. The van der Waals surface area contributed by atoms with Crippen molar-refractivity contribution in [3.8, 4) is 0 Å². The van der Waals surface area contributed by atoms with E-state index in [0.29, 0.717) is 25.9 Å². The van der Waals surface area contributed by atoms with Gasteiger partial charge in [0.15, 0.2) is 5.54 Å². The summed E-state index contributed by atoms with van der Waals surface area (Å²) in [6.45, 7) is 4.27. The van der Waals surface area contributed by atoms with E-state index in [2.05, 4.69) is 10.3 Å². The SMILES string of the molecule is C[C@@H](C(=O)NCCc1ccccc1)N1C(=O)N2CCc3c([nH]c4ccccc34)[C@@]2(C)C1=O. The molecule has 1 fully saturated rings. The highest BCUT2D eigenvalue weighted by Gasteiger charge is 2.60. The number of aromatic nitrogens is 1. The number of rotatable bonds is 5. The number of carbonyl (C=O) groups is 3. The molecule has 3 aromatic rings. The van der Waals surface area contributed by atoms with Gasteiger partial charge in [-0.05, 0) is 43.9 Å². The second-order valence-electron chi connectivity index (χ2n) is 8.66. The Morgan fingerprint density at radius 1 is 1.12 bits per heavy atom. The number of H-pyrrole nitrogens is 1. The summed E-state index contributed by atoms with van der Waals surface area (Å²) in [6, 6.07) is 16.5. The van der Waals surface area contributed by atoms with Gasteiger partial charge < -0.3 is 15.2 Å². The lowest BCUT2D eigenvalue weighted by atomic mass is 9.87. The number of imide groups is 1. The van der Waals surface area contributed by atoms with E-state index in [4.69, 9.17) is 0 Å². The molecule has 2 aromatic carbocycles. The van der Waals surface area contributed by atoms with Gasteiger partial charge in [-0.3, -0.25) is 9.59 Å². The average Bonchev–Trinajstić information content (AvgIpc) is 3.28. The predicted octanol–water partition coefficient (Wildman–Crippen LogP) is 2.95. The minimum Gasteiger partial charge on any atom is -0.356 e. The summed E-state index contributed by atoms with van der Waals surface area (Å²) in [4.78, 5) is 45.8. The summed E-state index contributed by atoms with van der Waals surface area (Å²) < 4.78 is 0. The fraction of sp³-hybridized carbons (Fsp3) is 0.320. The summed E-state index contributed by atoms with van der Waals surface area (Å²) >= 11 is 0. The van der Waals surface area contributed by atoms with Crippen LogP contribution in [0.1, 0.15) is 30.7 Å². The largest absolute Gasteiger partial charge is 0.356 e. The lowest BCUT2D eigenvalue weighted by Crippen LogP contribution is -2.50. The number of fused-ring (bicyclic) bond motifs is 5. The number of hydrogen-bond acceptors (Lipinski definition) is 3. The van der Waals surface area contributed by atoms with Crippen LogP contribution < -0.4 is 5.32 Å². The van der Waals surface area contributed by atoms with Crippen molar-refractivity contribution >= 4 is 28.7 Å². The first-order chi connectivity index (χ1) is 15.4. The Morgan fingerprint density at radius 3 is 2.62 bits per heavy atom. The average molecular weight is 431 g/mol. The lowest BCUT2D eigenvalue weighted by molar-refractivity contribution is -0.139. The molecule has 0 aliphatic carbocycles. The number of amides is 4. The van der Waals surface area contributed by atoms with Gasteiger partial charge in [-0.2, -0.15) is 0 Å². The van der Waals surface area contributed by atoms with E-state index in [-0.39, 0.29) is 11.8 Å². The van der Waals surface area contributed by atoms with Gasteiger partial charge in [-0.1, -0.05) is 48.5 Å². The molecule has 0 saturated carbocycles. The first kappa shape index (κ1) is 20.3. The fourth-order valence-electron chi connectivity index (χ4n) is 5.00. The van der Waals surface area contributed by atoms with Crippen LogP contribution in [-0.2, 0) is 28.0 Å². The molecular weight excluding hydrogens is 404 g/mol. The summed E-state index contributed by atoms with van der Waals surface area (Å²) in [5, 5.41) is 3.95. The van der Waals surface area contributed by atoms with Crippen molar-refractivity contribution < 1.29 is 14.4 Å². The Hall–Kier alpha value is -3.61. The molecule has 0 radical (unpaired) electrons. The third-order valence-electron chi connectivity index (χ3n) is 6.82. The molecule has 1 saturated heterocycles. The molecule has 164 valence electrons. The summed E-state index contributed by atoms with van der Waals surface area (Å²) in [7, 11) is 0. The molecule has 0 bridgehead atoms. The fourth-order valence-corrected chi connectivity index (χ4v) is 5.00. The Balaban J connectivity index is 1.38. The van der Waals surface area contributed by atoms with E-state index in [1.54, 1.807) is 18.7 Å². The number of nitrogens with zero attached hydrogens (tertiary/aromatic N) is 2. The second kappa shape index (κ2) is 7.51. The smallest absolute Gasteiger partial charge is 0.328 e. The van der Waals surface area contributed by atoms with Crippen LogP contribution in [-0.4, -0.2) is 51.8 Å². The molecule has 5 rings (SSSR count). The molecule has 0 spiro atoms. The Morgan fingerprint density at radius 2 is 1.84 bits per heavy atom. The Labute approximate surface area is 186 Å². The number of benzene rings is 2. The molecule has 0 unspecified atom stereocenters. The number of aromatic amines is 1. The highest BCUT2D eigenvalue weighted by atomic mass is 16.2. The van der Waals surface area contributed by atoms with Crippen LogP contribution in [0.25, 0.3) is 10.9 Å². The van der Waals surface area contributed by atoms with Crippen molar-refractivity contribution in [2.45, 2.75) is 38.3 Å². The van der Waals surface area contributed by atoms with Crippen molar-refractivity contribution in [1.29, 1.82) is 0 Å². The molecule has 3 heterocycles. The predicted molar refractivity (Wildman–Crippen MR) is 121 cm³/mol. The number of hydrogen-bond donors (Lipinski definition) is 2. The number of carbonyl (C=O) groups excluding carboxylic acids is 3. The van der Waals surface area contributed by atoms with E-state index in [1.165, 1.54) is 0 Å². The molecule has 7 heteroatoms. The van der Waals surface area contributed by atoms with Crippen LogP contribution in [0.15, 0.2) is 54.6 Å². The second-order valence-corrected chi connectivity index (χ2v) is 8.66. The molecule has 1 aromatic heterocycles. The van der Waals surface area contributed by atoms with Crippen molar-refractivity contribution in [1.82, 2.24) is 20.1 Å². The molecule has 32 heavy (non-hydrogen) atoms. The zero-order chi connectivity index (χ0) is 22.5. The highest BCUT2D eigenvalue weighted by molar-refractivity contribution is 6.10. The zero-order valence-electron chi connectivity index (χ0n) is 18.2. The maximum Gasteiger partial charge on any atom is 0.328 e. The van der Waals surface area contributed by atoms with Gasteiger partial charge in [0.1, 0.15) is 6.04 Å². The van der Waals surface area contributed by atoms with E-state index in [0.717, 1.165) is 32.6 Å². The molecule has 2 aliphatic heterocycles. The van der Waals surface area contributed by atoms with Crippen LogP contribution in [0.3, 0.4) is 0 Å². The van der Waals surface area contributed by atoms with Crippen molar-refractivity contribution in [2.75, 3.05) is 13.1 Å². The first-order valence-corrected chi connectivity index (χ1v) is 11.0. The highest BCUT2D eigenvalue weighted by Crippen LogP contribution is 2.44. The topological polar surface area (TPSA) is 85.5 Å². The van der Waals surface area contributed by atoms with E-state index >= 15 is 0 Å². The summed E-state index contributed by atoms with van der Waals surface area (Å²) in [5.74, 6) is -0.691. The molecular formula is C25H26N4O3. The summed E-state index contributed by atoms with van der Waals surface area (Å²) in [6.07, 6.45) is 1.35. The van der Waals surface area contributed by atoms with Gasteiger partial charge in [0.25, 0.3) is 5.91 Å². The van der Waals surface area contributed by atoms with Crippen molar-refractivity contribution in [2.24, 2.45) is 0 Å². The molecule has 2 N–H and O–H groups in total. The number of urea groups is 1. The number of para-hydroxylation sites is 1. The first-order valence-electron chi connectivity index (χ1n) is 11.0. The van der Waals surface area contributed by atoms with Gasteiger partial charge in [0, 0.05) is 24.0 Å². The number of nitrogens with one attached hydrogen (secondary N) is 2. The van der Waals surface area contributed by atoms with Crippen molar-refractivity contribution in [3.05, 3.63) is 71.4 Å². The monoisotopic (exact) mass is 430 g/mol. The zero-order valence-corrected chi connectivity index (χ0v) is 18.2. The van der Waals surface area contributed by atoms with Gasteiger partial charge in [0.05, 0.1) is 5.69 Å². The van der Waals surface area contributed by atoms with E-state index in [9.17, 15) is 14.4 Å². The van der Waals surface area contributed by atoms with Crippen LogP contribution in [0.4, 0.5) is 4.79 Å².